The molecule has 0 unspecified atom stereocenters. The van der Waals surface area contributed by atoms with Crippen LogP contribution >= 0.6 is 0 Å². The van der Waals surface area contributed by atoms with E-state index in [9.17, 15) is 18.0 Å². The van der Waals surface area contributed by atoms with Gasteiger partial charge in [0.25, 0.3) is 0 Å². The van der Waals surface area contributed by atoms with Gasteiger partial charge < -0.3 is 19.1 Å². The van der Waals surface area contributed by atoms with E-state index in [1.54, 1.807) is 18.1 Å². The van der Waals surface area contributed by atoms with Crippen LogP contribution in [-0.4, -0.2) is 76.0 Å². The Morgan fingerprint density at radius 1 is 1.05 bits per heavy atom. The second-order valence-corrected chi connectivity index (χ2v) is 13.2. The van der Waals surface area contributed by atoms with Crippen LogP contribution in [0.4, 0.5) is 4.79 Å². The molecule has 1 aliphatic rings. The molecule has 0 aliphatic carbocycles. The maximum Gasteiger partial charge on any atom is 0.410 e. The fourth-order valence-corrected chi connectivity index (χ4v) is 5.61. The first-order valence-electron chi connectivity index (χ1n) is 13.7. The van der Waals surface area contributed by atoms with E-state index in [1.807, 2.05) is 45.0 Å². The van der Waals surface area contributed by atoms with Crippen LogP contribution < -0.4 is 9.47 Å². The monoisotopic (exact) mass is 574 g/mol. The van der Waals surface area contributed by atoms with E-state index < -0.39 is 21.7 Å². The summed E-state index contributed by atoms with van der Waals surface area (Å²) in [5, 5.41) is 0. The summed E-state index contributed by atoms with van der Waals surface area (Å²) < 4.78 is 43.8. The number of carbonyl (C=O) groups is 2. The lowest BCUT2D eigenvalue weighted by Crippen LogP contribution is -2.38. The van der Waals surface area contributed by atoms with Crippen molar-refractivity contribution < 1.29 is 32.2 Å². The lowest BCUT2D eigenvalue weighted by molar-refractivity contribution is 0.0249. The summed E-state index contributed by atoms with van der Waals surface area (Å²) in [6.45, 7) is 6.81. The standard InChI is InChI=1S/C30H42N2O7S/c1-30(2,3)39-29(34)32(18-16-22-12-7-8-15-26(22)37-6)17-10-9-14-25(33)24-20-23-13-11-19-38-28(23)27(21-24)40(35,36)31(4)5/h7-8,12,15,20-21H,9-11,13-14,16-19H2,1-6H3. The zero-order valence-electron chi connectivity index (χ0n) is 24.5. The first-order valence-corrected chi connectivity index (χ1v) is 15.1. The number of hydrogen-bond acceptors (Lipinski definition) is 7. The Labute approximate surface area is 238 Å². The molecule has 10 heteroatoms. The Kier molecular flexibility index (Phi) is 10.6. The Bertz CT molecular complexity index is 1300. The summed E-state index contributed by atoms with van der Waals surface area (Å²) in [5.41, 5.74) is 1.47. The van der Waals surface area contributed by atoms with Crippen molar-refractivity contribution in [2.75, 3.05) is 40.9 Å². The van der Waals surface area contributed by atoms with Gasteiger partial charge in [0.05, 0.1) is 13.7 Å². The molecule has 2 aromatic rings. The third-order valence-electron chi connectivity index (χ3n) is 6.63. The van der Waals surface area contributed by atoms with Crippen molar-refractivity contribution in [1.29, 1.82) is 0 Å². The van der Waals surface area contributed by atoms with Crippen LogP contribution in [0.3, 0.4) is 0 Å². The first kappa shape index (κ1) is 31.4. The number of amides is 1. The van der Waals surface area contributed by atoms with E-state index in [4.69, 9.17) is 14.2 Å². The van der Waals surface area contributed by atoms with Gasteiger partial charge >= 0.3 is 6.09 Å². The zero-order valence-corrected chi connectivity index (χ0v) is 25.3. The van der Waals surface area contributed by atoms with Crippen molar-refractivity contribution in [2.45, 2.75) is 69.8 Å². The van der Waals surface area contributed by atoms with Crippen molar-refractivity contribution in [3.8, 4) is 11.5 Å². The summed E-state index contributed by atoms with van der Waals surface area (Å²) in [4.78, 5) is 27.8. The van der Waals surface area contributed by atoms with E-state index in [0.29, 0.717) is 56.7 Å². The number of para-hydroxylation sites is 1. The predicted octanol–water partition coefficient (Wildman–Crippen LogP) is 5.10. The molecule has 2 aromatic carbocycles. The maximum absolute atomic E-state index is 13.2. The number of rotatable bonds is 12. The number of benzene rings is 2. The van der Waals surface area contributed by atoms with Gasteiger partial charge in [-0.2, -0.15) is 0 Å². The molecular formula is C30H42N2O7S. The van der Waals surface area contributed by atoms with Crippen LogP contribution in [0.25, 0.3) is 0 Å². The molecule has 0 radical (unpaired) electrons. The molecule has 0 saturated carbocycles. The molecule has 0 bridgehead atoms. The van der Waals surface area contributed by atoms with Crippen LogP contribution in [-0.2, 0) is 27.6 Å². The van der Waals surface area contributed by atoms with Crippen LogP contribution in [0.15, 0.2) is 41.3 Å². The quantitative estimate of drug-likeness (QED) is 0.257. The van der Waals surface area contributed by atoms with Gasteiger partial charge in [-0.05, 0) is 82.2 Å². The number of Topliss-reactive ketones (excluding diaryl/α,β-unsaturated/α-hetero) is 1. The highest BCUT2D eigenvalue weighted by molar-refractivity contribution is 7.89. The Balaban J connectivity index is 1.67. The SMILES string of the molecule is COc1ccccc1CCN(CCCCC(=O)c1cc2c(c(S(=O)(=O)N(C)C)c1)OCCC2)C(=O)OC(C)(C)C. The number of nitrogens with zero attached hydrogens (tertiary/aromatic N) is 2. The van der Waals surface area contributed by atoms with Crippen molar-refractivity contribution >= 4 is 21.9 Å². The van der Waals surface area contributed by atoms with E-state index in [1.165, 1.54) is 20.2 Å². The van der Waals surface area contributed by atoms with E-state index >= 15 is 0 Å². The number of hydrogen-bond donors (Lipinski definition) is 0. The van der Waals surface area contributed by atoms with Crippen molar-refractivity contribution in [3.63, 3.8) is 0 Å². The van der Waals surface area contributed by atoms with Gasteiger partial charge in [0.15, 0.2) is 5.78 Å². The van der Waals surface area contributed by atoms with Gasteiger partial charge in [0.1, 0.15) is 22.0 Å². The van der Waals surface area contributed by atoms with Gasteiger partial charge in [-0.3, -0.25) is 4.79 Å². The molecule has 0 saturated heterocycles. The molecule has 1 aliphatic heterocycles. The molecule has 1 heterocycles. The van der Waals surface area contributed by atoms with Gasteiger partial charge in [-0.15, -0.1) is 0 Å². The van der Waals surface area contributed by atoms with Crippen molar-refractivity contribution in [3.05, 3.63) is 53.1 Å². The second kappa shape index (κ2) is 13.5. The third-order valence-corrected chi connectivity index (χ3v) is 8.45. The molecule has 220 valence electrons. The largest absolute Gasteiger partial charge is 0.496 e. The number of sulfonamides is 1. The lowest BCUT2D eigenvalue weighted by Gasteiger charge is -2.27. The average molecular weight is 575 g/mol. The highest BCUT2D eigenvalue weighted by Crippen LogP contribution is 2.35. The summed E-state index contributed by atoms with van der Waals surface area (Å²) in [6, 6.07) is 10.9. The maximum atomic E-state index is 13.2. The molecule has 0 fully saturated rings. The Morgan fingerprint density at radius 2 is 1.77 bits per heavy atom. The van der Waals surface area contributed by atoms with Crippen LogP contribution in [0.5, 0.6) is 11.5 Å². The highest BCUT2D eigenvalue weighted by atomic mass is 32.2. The summed E-state index contributed by atoms with van der Waals surface area (Å²) in [5.74, 6) is 0.976. The van der Waals surface area contributed by atoms with Crippen molar-refractivity contribution in [1.82, 2.24) is 9.21 Å². The number of unbranched alkanes of at least 4 members (excludes halogenated alkanes) is 1. The van der Waals surface area contributed by atoms with Gasteiger partial charge in [-0.25, -0.2) is 17.5 Å². The minimum Gasteiger partial charge on any atom is -0.496 e. The lowest BCUT2D eigenvalue weighted by atomic mass is 9.99. The summed E-state index contributed by atoms with van der Waals surface area (Å²) in [6.07, 6.45) is 2.98. The average Bonchev–Trinajstić information content (AvgIpc) is 2.90. The topological polar surface area (TPSA) is 102 Å². The Hall–Kier alpha value is -3.11. The summed E-state index contributed by atoms with van der Waals surface area (Å²) in [7, 11) is 0.764. The molecular weight excluding hydrogens is 532 g/mol. The van der Waals surface area contributed by atoms with E-state index in [0.717, 1.165) is 27.6 Å². The normalized spacial score (nSPS) is 13.4. The van der Waals surface area contributed by atoms with Gasteiger partial charge in [0, 0.05) is 39.2 Å². The predicted molar refractivity (Wildman–Crippen MR) is 154 cm³/mol. The van der Waals surface area contributed by atoms with E-state index in [-0.39, 0.29) is 17.1 Å². The number of ether oxygens (including phenoxy) is 3. The Morgan fingerprint density at radius 3 is 2.45 bits per heavy atom. The molecule has 0 N–H and O–H groups in total. The second-order valence-electron chi connectivity index (χ2n) is 11.1. The van der Waals surface area contributed by atoms with E-state index in [2.05, 4.69) is 0 Å². The first-order chi connectivity index (χ1) is 18.8. The molecule has 3 rings (SSSR count). The van der Waals surface area contributed by atoms with Gasteiger partial charge in [0.2, 0.25) is 10.0 Å². The number of fused-ring (bicyclic) bond motifs is 1. The van der Waals surface area contributed by atoms with Crippen molar-refractivity contribution in [2.24, 2.45) is 0 Å². The zero-order chi connectivity index (χ0) is 29.5. The molecule has 1 amide bonds. The molecule has 40 heavy (non-hydrogen) atoms. The number of ketones is 1. The molecule has 9 nitrogen and oxygen atoms in total. The number of methoxy groups -OCH3 is 1. The smallest absolute Gasteiger partial charge is 0.410 e. The molecule has 0 aromatic heterocycles. The third kappa shape index (κ3) is 8.20. The van der Waals surface area contributed by atoms with Crippen LogP contribution in [0.2, 0.25) is 0 Å². The fraction of sp³-hybridized carbons (Fsp3) is 0.533. The highest BCUT2D eigenvalue weighted by Gasteiger charge is 2.28. The molecule has 0 atom stereocenters. The minimum atomic E-state index is -3.78. The fourth-order valence-electron chi connectivity index (χ4n) is 4.51. The number of carbonyl (C=O) groups excluding carboxylic acids is 2. The van der Waals surface area contributed by atoms with Gasteiger partial charge in [-0.1, -0.05) is 18.2 Å². The molecule has 0 spiro atoms. The van der Waals surface area contributed by atoms with Crippen LogP contribution in [0, 0.1) is 0 Å². The number of aryl methyl sites for hydroxylation is 1. The van der Waals surface area contributed by atoms with Crippen LogP contribution in [0.1, 0.15) is 67.9 Å². The minimum absolute atomic E-state index is 0.0329. The summed E-state index contributed by atoms with van der Waals surface area (Å²) >= 11 is 0.